The molecule has 2 N–H and O–H groups in total. The largest absolute Gasteiger partial charge is 0.489 e. The van der Waals surface area contributed by atoms with Crippen LogP contribution in [0.3, 0.4) is 0 Å². The molecule has 0 spiro atoms. The normalized spacial score (nSPS) is 16.0. The predicted molar refractivity (Wildman–Crippen MR) is 112 cm³/mol. The molecule has 1 fully saturated rings. The van der Waals surface area contributed by atoms with Crippen LogP contribution in [0.25, 0.3) is 0 Å². The topological polar surface area (TPSA) is 59.6 Å². The molecular formula is C22H27ClN2O3. The average Bonchev–Trinajstić information content (AvgIpc) is 3.23. The number of hydrogen-bond donors (Lipinski definition) is 2. The molecule has 28 heavy (non-hydrogen) atoms. The van der Waals surface area contributed by atoms with E-state index < -0.39 is 0 Å². The standard InChI is InChI=1S/C22H27ClN2O3/c23-18-10-11-21(28-16-19-9-5-13-27-19)20(14-18)25-15-22(26)24-12-4-8-17-6-2-1-3-7-17/h1-3,6-7,10-11,14,19,25H,4-5,8-9,12-13,15-16H2,(H,24,26). The lowest BCUT2D eigenvalue weighted by molar-refractivity contribution is -0.119. The molecule has 1 aliphatic rings. The minimum absolute atomic E-state index is 0.0573. The first-order chi connectivity index (χ1) is 13.7. The van der Waals surface area contributed by atoms with Gasteiger partial charge in [-0.15, -0.1) is 0 Å². The van der Waals surface area contributed by atoms with Crippen molar-refractivity contribution in [1.82, 2.24) is 5.32 Å². The fourth-order valence-electron chi connectivity index (χ4n) is 3.13. The lowest BCUT2D eigenvalue weighted by atomic mass is 10.1. The molecule has 5 nitrogen and oxygen atoms in total. The molecule has 2 aromatic carbocycles. The maximum Gasteiger partial charge on any atom is 0.239 e. The summed E-state index contributed by atoms with van der Waals surface area (Å²) in [6, 6.07) is 15.6. The van der Waals surface area contributed by atoms with Crippen molar-refractivity contribution in [3.8, 4) is 5.75 Å². The van der Waals surface area contributed by atoms with E-state index in [4.69, 9.17) is 21.1 Å². The van der Waals surface area contributed by atoms with Gasteiger partial charge in [0, 0.05) is 18.2 Å². The maximum absolute atomic E-state index is 12.1. The molecule has 1 atom stereocenters. The highest BCUT2D eigenvalue weighted by Gasteiger charge is 2.17. The molecule has 1 saturated heterocycles. The first-order valence-corrected chi connectivity index (χ1v) is 10.2. The highest BCUT2D eigenvalue weighted by atomic mass is 35.5. The minimum atomic E-state index is -0.0573. The van der Waals surface area contributed by atoms with Crippen molar-refractivity contribution in [3.05, 3.63) is 59.1 Å². The van der Waals surface area contributed by atoms with Crippen LogP contribution < -0.4 is 15.4 Å². The smallest absolute Gasteiger partial charge is 0.239 e. The van der Waals surface area contributed by atoms with Crippen LogP contribution in [-0.4, -0.2) is 38.3 Å². The molecule has 0 radical (unpaired) electrons. The number of rotatable bonds is 10. The van der Waals surface area contributed by atoms with E-state index in [0.29, 0.717) is 29.6 Å². The number of nitrogens with one attached hydrogen (secondary N) is 2. The van der Waals surface area contributed by atoms with Crippen molar-refractivity contribution < 1.29 is 14.3 Å². The number of anilines is 1. The Morgan fingerprint density at radius 3 is 2.86 bits per heavy atom. The molecular weight excluding hydrogens is 376 g/mol. The van der Waals surface area contributed by atoms with Crippen LogP contribution in [-0.2, 0) is 16.0 Å². The van der Waals surface area contributed by atoms with E-state index in [1.54, 1.807) is 12.1 Å². The van der Waals surface area contributed by atoms with Gasteiger partial charge in [0.25, 0.3) is 0 Å². The van der Waals surface area contributed by atoms with Crippen LogP contribution in [0.5, 0.6) is 5.75 Å². The van der Waals surface area contributed by atoms with E-state index >= 15 is 0 Å². The highest BCUT2D eigenvalue weighted by molar-refractivity contribution is 6.30. The van der Waals surface area contributed by atoms with E-state index in [-0.39, 0.29) is 18.6 Å². The van der Waals surface area contributed by atoms with Crippen LogP contribution in [0.4, 0.5) is 5.69 Å². The zero-order valence-electron chi connectivity index (χ0n) is 16.0. The van der Waals surface area contributed by atoms with Crippen LogP contribution in [0.1, 0.15) is 24.8 Å². The van der Waals surface area contributed by atoms with E-state index in [1.165, 1.54) is 5.56 Å². The summed E-state index contributed by atoms with van der Waals surface area (Å²) in [4.78, 5) is 12.1. The Labute approximate surface area is 171 Å². The second kappa shape index (κ2) is 10.9. The summed E-state index contributed by atoms with van der Waals surface area (Å²) in [6.45, 7) is 2.11. The lowest BCUT2D eigenvalue weighted by Gasteiger charge is -2.16. The van der Waals surface area contributed by atoms with Crippen LogP contribution in [0, 0.1) is 0 Å². The fourth-order valence-corrected chi connectivity index (χ4v) is 3.30. The van der Waals surface area contributed by atoms with Gasteiger partial charge in [-0.1, -0.05) is 41.9 Å². The Balaban J connectivity index is 1.41. The van der Waals surface area contributed by atoms with Crippen LogP contribution in [0.15, 0.2) is 48.5 Å². The van der Waals surface area contributed by atoms with E-state index in [9.17, 15) is 4.79 Å². The molecule has 1 unspecified atom stereocenters. The zero-order valence-corrected chi connectivity index (χ0v) is 16.7. The van der Waals surface area contributed by atoms with Gasteiger partial charge in [0.15, 0.2) is 0 Å². The third kappa shape index (κ3) is 6.73. The maximum atomic E-state index is 12.1. The van der Waals surface area contributed by atoms with E-state index in [0.717, 1.165) is 32.3 Å². The van der Waals surface area contributed by atoms with E-state index in [2.05, 4.69) is 22.8 Å². The summed E-state index contributed by atoms with van der Waals surface area (Å²) in [5.41, 5.74) is 1.99. The Kier molecular flexibility index (Phi) is 8.00. The molecule has 1 heterocycles. The van der Waals surface area contributed by atoms with Gasteiger partial charge in [-0.25, -0.2) is 0 Å². The van der Waals surface area contributed by atoms with Crippen molar-refractivity contribution >= 4 is 23.2 Å². The molecule has 0 saturated carbocycles. The molecule has 6 heteroatoms. The molecule has 0 bridgehead atoms. The molecule has 0 aromatic heterocycles. The van der Waals surface area contributed by atoms with Gasteiger partial charge in [0.1, 0.15) is 12.4 Å². The third-order valence-electron chi connectivity index (χ3n) is 4.64. The number of aryl methyl sites for hydroxylation is 1. The zero-order chi connectivity index (χ0) is 19.6. The van der Waals surface area contributed by atoms with Gasteiger partial charge < -0.3 is 20.1 Å². The third-order valence-corrected chi connectivity index (χ3v) is 4.87. The summed E-state index contributed by atoms with van der Waals surface area (Å²) in [7, 11) is 0. The number of benzene rings is 2. The molecule has 1 aliphatic heterocycles. The predicted octanol–water partition coefficient (Wildman–Crippen LogP) is 4.06. The lowest BCUT2D eigenvalue weighted by Crippen LogP contribution is -2.31. The average molecular weight is 403 g/mol. The number of ether oxygens (including phenoxy) is 2. The number of carbonyl (C=O) groups excluding carboxylic acids is 1. The van der Waals surface area contributed by atoms with Crippen molar-refractivity contribution in [1.29, 1.82) is 0 Å². The Hall–Kier alpha value is -2.24. The number of carbonyl (C=O) groups is 1. The summed E-state index contributed by atoms with van der Waals surface area (Å²) in [5.74, 6) is 0.620. The first-order valence-electron chi connectivity index (χ1n) is 9.79. The van der Waals surface area contributed by atoms with Gasteiger partial charge in [-0.2, -0.15) is 0 Å². The Morgan fingerprint density at radius 1 is 1.21 bits per heavy atom. The number of hydrogen-bond acceptors (Lipinski definition) is 4. The number of amides is 1. The monoisotopic (exact) mass is 402 g/mol. The SMILES string of the molecule is O=C(CNc1cc(Cl)ccc1OCC1CCCO1)NCCCc1ccccc1. The summed E-state index contributed by atoms with van der Waals surface area (Å²) < 4.78 is 11.5. The Morgan fingerprint density at radius 2 is 2.07 bits per heavy atom. The molecule has 2 aromatic rings. The van der Waals surface area contributed by atoms with Crippen molar-refractivity contribution in [2.45, 2.75) is 31.8 Å². The van der Waals surface area contributed by atoms with Crippen molar-refractivity contribution in [2.24, 2.45) is 0 Å². The first kappa shape index (κ1) is 20.5. The molecule has 0 aliphatic carbocycles. The summed E-state index contributed by atoms with van der Waals surface area (Å²) in [6.07, 6.45) is 4.08. The van der Waals surface area contributed by atoms with Crippen LogP contribution >= 0.6 is 11.6 Å². The summed E-state index contributed by atoms with van der Waals surface area (Å²) in [5, 5.41) is 6.66. The fraction of sp³-hybridized carbons (Fsp3) is 0.409. The van der Waals surface area contributed by atoms with Crippen molar-refractivity contribution in [2.75, 3.05) is 31.6 Å². The van der Waals surface area contributed by atoms with Gasteiger partial charge in [0.2, 0.25) is 5.91 Å². The highest BCUT2D eigenvalue weighted by Crippen LogP contribution is 2.28. The second-order valence-corrected chi connectivity index (χ2v) is 7.32. The minimum Gasteiger partial charge on any atom is -0.489 e. The van der Waals surface area contributed by atoms with Gasteiger partial charge in [-0.3, -0.25) is 4.79 Å². The van der Waals surface area contributed by atoms with Crippen LogP contribution in [0.2, 0.25) is 5.02 Å². The second-order valence-electron chi connectivity index (χ2n) is 6.88. The van der Waals surface area contributed by atoms with Crippen molar-refractivity contribution in [3.63, 3.8) is 0 Å². The van der Waals surface area contributed by atoms with Gasteiger partial charge >= 0.3 is 0 Å². The van der Waals surface area contributed by atoms with E-state index in [1.807, 2.05) is 24.3 Å². The molecule has 150 valence electrons. The van der Waals surface area contributed by atoms with Gasteiger partial charge in [0.05, 0.1) is 18.3 Å². The number of halogens is 1. The summed E-state index contributed by atoms with van der Waals surface area (Å²) >= 11 is 6.10. The molecule has 3 rings (SSSR count). The molecule has 1 amide bonds. The Bertz CT molecular complexity index is 749. The quantitative estimate of drug-likeness (QED) is 0.588. The van der Waals surface area contributed by atoms with Gasteiger partial charge in [-0.05, 0) is 49.4 Å².